The fourth-order valence-corrected chi connectivity index (χ4v) is 2.94. The molecule has 1 saturated heterocycles. The van der Waals surface area contributed by atoms with Crippen LogP contribution in [0.2, 0.25) is 0 Å². The molecular formula is C17H28N4O7. The minimum absolute atomic E-state index is 0.263. The van der Waals surface area contributed by atoms with Gasteiger partial charge in [-0.25, -0.2) is 0 Å². The minimum atomic E-state index is -1.26. The number of hydrogen-bond acceptors (Lipinski definition) is 6. The maximum absolute atomic E-state index is 12.7. The SMILES string of the molecule is CC(NC(=O)C(NC(=O)C1CCCN1C(=O)C(N)CC(=O)O)C(C)C)C(=O)O. The Morgan fingerprint density at radius 3 is 2.21 bits per heavy atom. The number of amides is 3. The van der Waals surface area contributed by atoms with Gasteiger partial charge >= 0.3 is 11.9 Å². The van der Waals surface area contributed by atoms with Crippen molar-refractivity contribution in [2.45, 2.75) is 64.2 Å². The number of carbonyl (C=O) groups is 5. The van der Waals surface area contributed by atoms with Gasteiger partial charge in [0.15, 0.2) is 0 Å². The highest BCUT2D eigenvalue weighted by molar-refractivity contribution is 5.95. The lowest BCUT2D eigenvalue weighted by Gasteiger charge is -2.29. The first-order chi connectivity index (χ1) is 13.0. The van der Waals surface area contributed by atoms with Crippen LogP contribution in [0.25, 0.3) is 0 Å². The van der Waals surface area contributed by atoms with E-state index in [9.17, 15) is 24.0 Å². The number of hydrogen-bond donors (Lipinski definition) is 5. The molecule has 0 bridgehead atoms. The monoisotopic (exact) mass is 400 g/mol. The standard InChI is InChI=1S/C17H28N4O7/c1-8(2)13(15(25)19-9(3)17(27)28)20-14(24)11-5-4-6-21(11)16(26)10(18)7-12(22)23/h8-11,13H,4-7,18H2,1-3H3,(H,19,25)(H,20,24)(H,22,23)(H,27,28). The first kappa shape index (κ1) is 23.3. The number of nitrogens with two attached hydrogens (primary N) is 1. The number of carboxylic acid groups (broad SMARTS) is 2. The van der Waals surface area contributed by atoms with Crippen LogP contribution in [-0.4, -0.2) is 75.5 Å². The largest absolute Gasteiger partial charge is 0.481 e. The van der Waals surface area contributed by atoms with Crippen LogP contribution in [0.1, 0.15) is 40.0 Å². The number of aliphatic carboxylic acids is 2. The molecule has 158 valence electrons. The number of carbonyl (C=O) groups excluding carboxylic acids is 3. The van der Waals surface area contributed by atoms with E-state index in [4.69, 9.17) is 15.9 Å². The van der Waals surface area contributed by atoms with Crippen molar-refractivity contribution in [1.82, 2.24) is 15.5 Å². The maximum Gasteiger partial charge on any atom is 0.325 e. The van der Waals surface area contributed by atoms with Gasteiger partial charge in [0.25, 0.3) is 0 Å². The summed E-state index contributed by atoms with van der Waals surface area (Å²) in [7, 11) is 0. The molecule has 1 aliphatic rings. The molecule has 0 aromatic rings. The average Bonchev–Trinajstić information content (AvgIpc) is 3.07. The molecule has 1 heterocycles. The Balaban J connectivity index is 2.83. The van der Waals surface area contributed by atoms with Crippen LogP contribution >= 0.6 is 0 Å². The third kappa shape index (κ3) is 6.19. The second kappa shape index (κ2) is 10.0. The van der Waals surface area contributed by atoms with E-state index in [1.165, 1.54) is 11.8 Å². The lowest BCUT2D eigenvalue weighted by Crippen LogP contribution is -2.57. The summed E-state index contributed by atoms with van der Waals surface area (Å²) < 4.78 is 0. The molecule has 0 saturated carbocycles. The van der Waals surface area contributed by atoms with Gasteiger partial charge in [-0.15, -0.1) is 0 Å². The van der Waals surface area contributed by atoms with E-state index in [2.05, 4.69) is 10.6 Å². The van der Waals surface area contributed by atoms with Crippen LogP contribution < -0.4 is 16.4 Å². The predicted octanol–water partition coefficient (Wildman–Crippen LogP) is -1.49. The van der Waals surface area contributed by atoms with Gasteiger partial charge in [0, 0.05) is 6.54 Å². The molecule has 1 aliphatic heterocycles. The number of likely N-dealkylation sites (tertiary alicyclic amines) is 1. The Kier molecular flexibility index (Phi) is 8.35. The van der Waals surface area contributed by atoms with E-state index in [1.54, 1.807) is 13.8 Å². The lowest BCUT2D eigenvalue weighted by molar-refractivity contribution is -0.144. The molecular weight excluding hydrogens is 372 g/mol. The Bertz CT molecular complexity index is 637. The van der Waals surface area contributed by atoms with Crippen molar-refractivity contribution in [1.29, 1.82) is 0 Å². The predicted molar refractivity (Wildman–Crippen MR) is 97.0 cm³/mol. The van der Waals surface area contributed by atoms with Crippen molar-refractivity contribution in [3.05, 3.63) is 0 Å². The Hall–Kier alpha value is -2.69. The summed E-state index contributed by atoms with van der Waals surface area (Å²) >= 11 is 0. The van der Waals surface area contributed by atoms with Gasteiger partial charge in [-0.3, -0.25) is 24.0 Å². The van der Waals surface area contributed by atoms with Crippen molar-refractivity contribution in [3.63, 3.8) is 0 Å². The molecule has 0 spiro atoms. The normalized spacial score (nSPS) is 19.6. The van der Waals surface area contributed by atoms with Crippen molar-refractivity contribution in [2.75, 3.05) is 6.54 Å². The molecule has 3 amide bonds. The second-order valence-corrected chi connectivity index (χ2v) is 7.19. The highest BCUT2D eigenvalue weighted by Gasteiger charge is 2.38. The van der Waals surface area contributed by atoms with E-state index in [0.717, 1.165) is 0 Å². The summed E-state index contributed by atoms with van der Waals surface area (Å²) in [5.41, 5.74) is 5.62. The van der Waals surface area contributed by atoms with Gasteiger partial charge in [-0.05, 0) is 25.7 Å². The van der Waals surface area contributed by atoms with E-state index in [-0.39, 0.29) is 12.5 Å². The number of rotatable bonds is 9. The van der Waals surface area contributed by atoms with Crippen LogP contribution in [0.4, 0.5) is 0 Å². The highest BCUT2D eigenvalue weighted by atomic mass is 16.4. The lowest BCUT2D eigenvalue weighted by atomic mass is 10.0. The first-order valence-corrected chi connectivity index (χ1v) is 9.07. The first-order valence-electron chi connectivity index (χ1n) is 9.07. The van der Waals surface area contributed by atoms with Crippen LogP contribution in [-0.2, 0) is 24.0 Å². The molecule has 1 fully saturated rings. The molecule has 0 aromatic carbocycles. The minimum Gasteiger partial charge on any atom is -0.481 e. The van der Waals surface area contributed by atoms with Gasteiger partial charge in [0.1, 0.15) is 18.1 Å². The topological polar surface area (TPSA) is 179 Å². The molecule has 0 aromatic heterocycles. The molecule has 0 aliphatic carbocycles. The van der Waals surface area contributed by atoms with Crippen molar-refractivity contribution < 1.29 is 34.2 Å². The van der Waals surface area contributed by atoms with E-state index >= 15 is 0 Å². The summed E-state index contributed by atoms with van der Waals surface area (Å²) in [4.78, 5) is 60.3. The fraction of sp³-hybridized carbons (Fsp3) is 0.706. The zero-order valence-corrected chi connectivity index (χ0v) is 16.2. The quantitative estimate of drug-likeness (QED) is 0.310. The van der Waals surface area contributed by atoms with Crippen molar-refractivity contribution in [3.8, 4) is 0 Å². The zero-order valence-electron chi connectivity index (χ0n) is 16.2. The van der Waals surface area contributed by atoms with E-state index in [1.807, 2.05) is 0 Å². The molecule has 11 heteroatoms. The molecule has 6 N–H and O–H groups in total. The van der Waals surface area contributed by atoms with Crippen LogP contribution in [0, 0.1) is 5.92 Å². The van der Waals surface area contributed by atoms with Crippen molar-refractivity contribution >= 4 is 29.7 Å². The third-order valence-corrected chi connectivity index (χ3v) is 4.53. The number of nitrogens with one attached hydrogen (secondary N) is 2. The summed E-state index contributed by atoms with van der Waals surface area (Å²) in [5.74, 6) is -4.59. The zero-order chi connectivity index (χ0) is 21.6. The average molecular weight is 400 g/mol. The third-order valence-electron chi connectivity index (χ3n) is 4.53. The van der Waals surface area contributed by atoms with E-state index in [0.29, 0.717) is 12.8 Å². The summed E-state index contributed by atoms with van der Waals surface area (Å²) in [6.45, 7) is 4.95. The summed E-state index contributed by atoms with van der Waals surface area (Å²) in [6.07, 6.45) is 0.349. The van der Waals surface area contributed by atoms with Crippen LogP contribution in [0.15, 0.2) is 0 Å². The molecule has 28 heavy (non-hydrogen) atoms. The number of carboxylic acids is 2. The van der Waals surface area contributed by atoms with Gasteiger partial charge in [0.05, 0.1) is 12.5 Å². The van der Waals surface area contributed by atoms with E-state index < -0.39 is 60.2 Å². The molecule has 4 atom stereocenters. The Morgan fingerprint density at radius 1 is 1.11 bits per heavy atom. The maximum atomic E-state index is 12.7. The number of nitrogens with zero attached hydrogens (tertiary/aromatic N) is 1. The van der Waals surface area contributed by atoms with Crippen LogP contribution in [0.5, 0.6) is 0 Å². The summed E-state index contributed by atoms with van der Waals surface area (Å²) in [5, 5.41) is 22.6. The second-order valence-electron chi connectivity index (χ2n) is 7.19. The Labute approximate surface area is 162 Å². The molecule has 11 nitrogen and oxygen atoms in total. The van der Waals surface area contributed by atoms with Crippen LogP contribution in [0.3, 0.4) is 0 Å². The smallest absolute Gasteiger partial charge is 0.325 e. The van der Waals surface area contributed by atoms with Crippen molar-refractivity contribution in [2.24, 2.45) is 11.7 Å². The summed E-state index contributed by atoms with van der Waals surface area (Å²) in [6, 6.07) is -4.23. The van der Waals surface area contributed by atoms with Gasteiger partial charge in [-0.1, -0.05) is 13.8 Å². The van der Waals surface area contributed by atoms with Gasteiger partial charge in [-0.2, -0.15) is 0 Å². The van der Waals surface area contributed by atoms with Gasteiger partial charge in [0.2, 0.25) is 17.7 Å². The Morgan fingerprint density at radius 2 is 1.71 bits per heavy atom. The molecule has 0 radical (unpaired) electrons. The fourth-order valence-electron chi connectivity index (χ4n) is 2.94. The molecule has 4 unspecified atom stereocenters. The molecule has 1 rings (SSSR count). The highest BCUT2D eigenvalue weighted by Crippen LogP contribution is 2.19. The van der Waals surface area contributed by atoms with Gasteiger partial charge < -0.3 is 31.5 Å².